The monoisotopic (exact) mass is 350 g/mol. The van der Waals surface area contributed by atoms with E-state index in [0.29, 0.717) is 6.54 Å². The minimum atomic E-state index is -0.423. The van der Waals surface area contributed by atoms with Crippen molar-refractivity contribution in [3.8, 4) is 5.75 Å². The normalized spacial score (nSPS) is 19.7. The van der Waals surface area contributed by atoms with E-state index in [1.165, 1.54) is 17.5 Å². The molecule has 1 fully saturated rings. The second-order valence-corrected chi connectivity index (χ2v) is 7.33. The van der Waals surface area contributed by atoms with E-state index in [0.717, 1.165) is 43.9 Å². The summed E-state index contributed by atoms with van der Waals surface area (Å²) in [6.07, 6.45) is 3.00. The molecule has 0 aliphatic carbocycles. The number of ether oxygens (including phenoxy) is 1. The van der Waals surface area contributed by atoms with Crippen molar-refractivity contribution < 1.29 is 9.53 Å². The highest BCUT2D eigenvalue weighted by Gasteiger charge is 2.33. The lowest BCUT2D eigenvalue weighted by Gasteiger charge is -2.38. The summed E-state index contributed by atoms with van der Waals surface area (Å²) in [6.45, 7) is 5.20. The van der Waals surface area contributed by atoms with Crippen LogP contribution >= 0.6 is 0 Å². The molecule has 2 aromatic rings. The second-order valence-electron chi connectivity index (χ2n) is 7.33. The van der Waals surface area contributed by atoms with E-state index in [2.05, 4.69) is 42.2 Å². The molecular formula is C22H26N2O2. The standard InChI is InChI=1S/C22H26N2O2/c1-17-9-11-18(12-10-17)15-24-16-21(22(25)23-13-5-2-6-14-23)26-20-8-4-3-7-19(20)24/h3-4,7-12,21H,2,5-6,13-16H2,1H3/t21-/m1/s1. The number of piperidine rings is 1. The molecule has 0 radical (unpaired) electrons. The van der Waals surface area contributed by atoms with Crippen molar-refractivity contribution in [2.75, 3.05) is 24.5 Å². The molecule has 1 amide bonds. The summed E-state index contributed by atoms with van der Waals surface area (Å²) in [5.41, 5.74) is 3.57. The van der Waals surface area contributed by atoms with E-state index in [-0.39, 0.29) is 5.91 Å². The molecule has 136 valence electrons. The van der Waals surface area contributed by atoms with Gasteiger partial charge in [0.15, 0.2) is 6.10 Å². The minimum absolute atomic E-state index is 0.133. The van der Waals surface area contributed by atoms with Crippen molar-refractivity contribution in [2.45, 2.75) is 38.8 Å². The Morgan fingerprint density at radius 3 is 2.54 bits per heavy atom. The number of likely N-dealkylation sites (tertiary alicyclic amines) is 1. The maximum absolute atomic E-state index is 13.0. The average molecular weight is 350 g/mol. The lowest BCUT2D eigenvalue weighted by atomic mass is 10.1. The number of carbonyl (C=O) groups excluding carboxylic acids is 1. The molecule has 0 unspecified atom stereocenters. The maximum atomic E-state index is 13.0. The van der Waals surface area contributed by atoms with Gasteiger partial charge in [0, 0.05) is 19.6 Å². The van der Waals surface area contributed by atoms with Crippen molar-refractivity contribution in [1.82, 2.24) is 4.90 Å². The summed E-state index contributed by atoms with van der Waals surface area (Å²) in [6, 6.07) is 16.6. The Morgan fingerprint density at radius 2 is 1.77 bits per heavy atom. The highest BCUT2D eigenvalue weighted by molar-refractivity contribution is 5.83. The fraction of sp³-hybridized carbons (Fsp3) is 0.409. The van der Waals surface area contributed by atoms with Crippen molar-refractivity contribution >= 4 is 11.6 Å². The van der Waals surface area contributed by atoms with Gasteiger partial charge in [-0.1, -0.05) is 42.0 Å². The minimum Gasteiger partial charge on any atom is -0.477 e. The molecule has 1 saturated heterocycles. The molecule has 26 heavy (non-hydrogen) atoms. The van der Waals surface area contributed by atoms with Gasteiger partial charge in [-0.15, -0.1) is 0 Å². The molecular weight excluding hydrogens is 324 g/mol. The van der Waals surface area contributed by atoms with Crippen LogP contribution in [0.3, 0.4) is 0 Å². The third-order valence-electron chi connectivity index (χ3n) is 5.30. The fourth-order valence-electron chi connectivity index (χ4n) is 3.82. The molecule has 0 aromatic heterocycles. The Balaban J connectivity index is 1.56. The number of aryl methyl sites for hydroxylation is 1. The molecule has 0 N–H and O–H groups in total. The van der Waals surface area contributed by atoms with Gasteiger partial charge in [0.05, 0.1) is 12.2 Å². The van der Waals surface area contributed by atoms with Gasteiger partial charge in [-0.2, -0.15) is 0 Å². The van der Waals surface area contributed by atoms with Crippen LogP contribution in [0.1, 0.15) is 30.4 Å². The molecule has 0 spiro atoms. The number of carbonyl (C=O) groups is 1. The van der Waals surface area contributed by atoms with Gasteiger partial charge in [-0.05, 0) is 43.9 Å². The summed E-state index contributed by atoms with van der Waals surface area (Å²) in [5, 5.41) is 0. The van der Waals surface area contributed by atoms with Gasteiger partial charge in [-0.25, -0.2) is 0 Å². The number of amides is 1. The lowest BCUT2D eigenvalue weighted by Crippen LogP contribution is -2.51. The first kappa shape index (κ1) is 17.0. The van der Waals surface area contributed by atoms with Gasteiger partial charge in [0.1, 0.15) is 5.75 Å². The molecule has 2 aliphatic heterocycles. The fourth-order valence-corrected chi connectivity index (χ4v) is 3.82. The van der Waals surface area contributed by atoms with Crippen LogP contribution in [0.5, 0.6) is 5.75 Å². The highest BCUT2D eigenvalue weighted by atomic mass is 16.5. The van der Waals surface area contributed by atoms with Crippen molar-refractivity contribution in [1.29, 1.82) is 0 Å². The van der Waals surface area contributed by atoms with Gasteiger partial charge in [0.2, 0.25) is 0 Å². The molecule has 1 atom stereocenters. The van der Waals surface area contributed by atoms with E-state index in [4.69, 9.17) is 4.74 Å². The molecule has 0 saturated carbocycles. The number of para-hydroxylation sites is 2. The van der Waals surface area contributed by atoms with Crippen LogP contribution in [-0.4, -0.2) is 36.5 Å². The van der Waals surface area contributed by atoms with Crippen LogP contribution in [-0.2, 0) is 11.3 Å². The summed E-state index contributed by atoms with van der Waals surface area (Å²) in [7, 11) is 0. The van der Waals surface area contributed by atoms with Crippen LogP contribution in [0.2, 0.25) is 0 Å². The zero-order valence-corrected chi connectivity index (χ0v) is 15.4. The Labute approximate surface area is 155 Å². The molecule has 2 heterocycles. The zero-order valence-electron chi connectivity index (χ0n) is 15.4. The number of hydrogen-bond acceptors (Lipinski definition) is 3. The lowest BCUT2D eigenvalue weighted by molar-refractivity contribution is -0.139. The second kappa shape index (κ2) is 7.40. The number of anilines is 1. The molecule has 4 nitrogen and oxygen atoms in total. The van der Waals surface area contributed by atoms with E-state index in [9.17, 15) is 4.79 Å². The smallest absolute Gasteiger partial charge is 0.265 e. The summed E-state index contributed by atoms with van der Waals surface area (Å²) >= 11 is 0. The zero-order chi connectivity index (χ0) is 17.9. The van der Waals surface area contributed by atoms with Crippen molar-refractivity contribution in [3.63, 3.8) is 0 Å². The highest BCUT2D eigenvalue weighted by Crippen LogP contribution is 2.34. The third kappa shape index (κ3) is 3.55. The Morgan fingerprint density at radius 1 is 1.04 bits per heavy atom. The van der Waals surface area contributed by atoms with E-state index >= 15 is 0 Å². The van der Waals surface area contributed by atoms with Crippen LogP contribution in [0, 0.1) is 6.92 Å². The molecule has 4 rings (SSSR count). The van der Waals surface area contributed by atoms with E-state index in [1.807, 2.05) is 23.1 Å². The molecule has 2 aliphatic rings. The topological polar surface area (TPSA) is 32.8 Å². The number of nitrogens with zero attached hydrogens (tertiary/aromatic N) is 2. The number of rotatable bonds is 3. The van der Waals surface area contributed by atoms with Crippen LogP contribution in [0.25, 0.3) is 0 Å². The van der Waals surface area contributed by atoms with Gasteiger partial charge in [-0.3, -0.25) is 4.79 Å². The first-order valence-corrected chi connectivity index (χ1v) is 9.56. The quantitative estimate of drug-likeness (QED) is 0.845. The van der Waals surface area contributed by atoms with Crippen LogP contribution in [0.4, 0.5) is 5.69 Å². The predicted octanol–water partition coefficient (Wildman–Crippen LogP) is 3.78. The first-order chi connectivity index (χ1) is 12.7. The average Bonchev–Trinajstić information content (AvgIpc) is 2.69. The van der Waals surface area contributed by atoms with Gasteiger partial charge < -0.3 is 14.5 Å². The summed E-state index contributed by atoms with van der Waals surface area (Å²) < 4.78 is 6.10. The number of fused-ring (bicyclic) bond motifs is 1. The van der Waals surface area contributed by atoms with Crippen LogP contribution < -0.4 is 9.64 Å². The first-order valence-electron chi connectivity index (χ1n) is 9.56. The number of benzene rings is 2. The molecule has 2 aromatic carbocycles. The largest absolute Gasteiger partial charge is 0.477 e. The third-order valence-corrected chi connectivity index (χ3v) is 5.30. The Hall–Kier alpha value is -2.49. The van der Waals surface area contributed by atoms with Gasteiger partial charge in [0.25, 0.3) is 5.91 Å². The Kier molecular flexibility index (Phi) is 4.83. The maximum Gasteiger partial charge on any atom is 0.265 e. The predicted molar refractivity (Wildman–Crippen MR) is 104 cm³/mol. The number of hydrogen-bond donors (Lipinski definition) is 0. The molecule has 0 bridgehead atoms. The van der Waals surface area contributed by atoms with Crippen molar-refractivity contribution in [2.24, 2.45) is 0 Å². The van der Waals surface area contributed by atoms with E-state index < -0.39 is 6.10 Å². The summed E-state index contributed by atoms with van der Waals surface area (Å²) in [4.78, 5) is 17.2. The Bertz CT molecular complexity index is 766. The van der Waals surface area contributed by atoms with Gasteiger partial charge >= 0.3 is 0 Å². The van der Waals surface area contributed by atoms with Crippen LogP contribution in [0.15, 0.2) is 48.5 Å². The van der Waals surface area contributed by atoms with E-state index in [1.54, 1.807) is 0 Å². The SMILES string of the molecule is Cc1ccc(CN2C[C@H](C(=O)N3CCCCC3)Oc3ccccc32)cc1. The molecule has 4 heteroatoms. The van der Waals surface area contributed by atoms with Crippen molar-refractivity contribution in [3.05, 3.63) is 59.7 Å². The summed E-state index contributed by atoms with van der Waals surface area (Å²) in [5.74, 6) is 0.939.